The molecule has 2 aliphatic rings. The van der Waals surface area contributed by atoms with Crippen LogP contribution in [0, 0.1) is 0 Å². The van der Waals surface area contributed by atoms with E-state index in [1.54, 1.807) is 48.6 Å². The second-order valence-corrected chi connectivity index (χ2v) is 33.0. The second kappa shape index (κ2) is 34.4. The van der Waals surface area contributed by atoms with E-state index in [9.17, 15) is 33.7 Å². The van der Waals surface area contributed by atoms with Gasteiger partial charge in [0, 0.05) is 113 Å². The Morgan fingerprint density at radius 2 is 0.510 bits per heavy atom. The summed E-state index contributed by atoms with van der Waals surface area (Å²) in [6.07, 6.45) is 25.3. The fourth-order valence-corrected chi connectivity index (χ4v) is 17.1. The molecular formula is C72H86Cl4N8O8S4. The van der Waals surface area contributed by atoms with E-state index in [0.717, 1.165) is 103 Å². The predicted octanol–water partition coefficient (Wildman–Crippen LogP) is 18.9. The molecule has 16 nitrogen and oxygen atoms in total. The smallest absolute Gasteiger partial charge is 0.240 e. The van der Waals surface area contributed by atoms with Gasteiger partial charge in [-0.1, -0.05) is 177 Å². The number of rotatable bonds is 36. The average molecular weight is 1460 g/mol. The number of hydrogen-bond acceptors (Lipinski definition) is 10. The lowest BCUT2D eigenvalue weighted by atomic mass is 10.0. The first-order valence-electron chi connectivity index (χ1n) is 33.5. The van der Waals surface area contributed by atoms with E-state index < -0.39 is 40.1 Å². The Labute approximate surface area is 587 Å². The summed E-state index contributed by atoms with van der Waals surface area (Å²) in [7, 11) is -16.4. The van der Waals surface area contributed by atoms with Crippen LogP contribution in [0.2, 0.25) is 20.1 Å². The van der Waals surface area contributed by atoms with Gasteiger partial charge in [0.2, 0.25) is 40.1 Å². The molecule has 0 atom stereocenters. The van der Waals surface area contributed by atoms with Crippen LogP contribution in [0.5, 0.6) is 0 Å². The average Bonchev–Trinajstić information content (AvgIpc) is 1.50. The summed E-state index contributed by atoms with van der Waals surface area (Å²) in [5, 5.41) is 0.714. The normalized spacial score (nSPS) is 12.8. The van der Waals surface area contributed by atoms with E-state index in [1.807, 2.05) is 0 Å². The summed E-state index contributed by atoms with van der Waals surface area (Å²) in [5.41, 5.74) is 5.27. The predicted molar refractivity (Wildman–Crippen MR) is 396 cm³/mol. The topological polar surface area (TPSA) is 242 Å². The number of aromatic nitrogens is 4. The van der Waals surface area contributed by atoms with Crippen molar-refractivity contribution in [3.05, 3.63) is 140 Å². The Hall–Kier alpha value is -5.72. The zero-order valence-electron chi connectivity index (χ0n) is 54.8. The van der Waals surface area contributed by atoms with Crippen molar-refractivity contribution in [2.45, 2.75) is 176 Å². The summed E-state index contributed by atoms with van der Waals surface area (Å²) in [4.78, 5) is 17.6. The molecule has 0 amide bonds. The van der Waals surface area contributed by atoms with Crippen LogP contribution < -0.4 is 18.9 Å². The number of benzene rings is 4. The van der Waals surface area contributed by atoms with Gasteiger partial charge in [0.25, 0.3) is 0 Å². The summed E-state index contributed by atoms with van der Waals surface area (Å²) in [6.45, 7) is 9.36. The highest BCUT2D eigenvalue weighted by atomic mass is 35.5. The molecule has 0 saturated carbocycles. The highest BCUT2D eigenvalue weighted by molar-refractivity contribution is 7.90. The molecular weight excluding hydrogens is 1370 g/mol. The molecule has 2 aliphatic heterocycles. The Kier molecular flexibility index (Phi) is 26.7. The SMILES string of the molecule is CCCCCCCNS(=O)(=O)c1ccc(Cl)c(-c2c3nc(c(-c4cc(S(=O)(=O)NCCCCCCC)ccc4Cl)c4ccc([nH]4)c(-c4cc(S(=O)(=O)NCCCCCCC)ccc4Cl)c4nc(c(-c5cc(S(=O)(=O)NCCCCCCC)ccc5Cl)c5ccc2[nH]5)C=C4)C=C3)c1. The molecule has 0 radical (unpaired) electrons. The van der Waals surface area contributed by atoms with E-state index >= 15 is 0 Å². The molecule has 6 N–H and O–H groups in total. The lowest BCUT2D eigenvalue weighted by molar-refractivity contribution is 0.569. The standard InChI is InChI=1S/C72H86Cl4N8O8S4/c1-5-9-13-17-21-41-77-93(85,86)49-25-29-57(73)53(45-49)69-61-33-35-63(81-61)70(54-46-50(26-30-58(54)74)94(87,88)78-42-22-18-14-10-6-2)65-37-39-67(83-65)72(56-48-52(28-32-60(56)76)96(91,92)80-44-24-20-16-12-8-4)68-40-38-66(84-68)71(64-36-34-62(69)82-64)55-47-51(27-31-59(55)75)95(89,90)79-43-23-19-15-11-7-3/h25-40,45-48,77-81,84H,5-24,41-44H2,1-4H3. The number of aromatic amines is 2. The molecule has 4 aromatic carbocycles. The van der Waals surface area contributed by atoms with E-state index in [4.69, 9.17) is 56.4 Å². The quantitative estimate of drug-likeness (QED) is 0.0203. The molecule has 3 aromatic heterocycles. The van der Waals surface area contributed by atoms with E-state index in [2.05, 4.69) is 56.6 Å². The molecule has 0 fully saturated rings. The zero-order chi connectivity index (χ0) is 68.6. The van der Waals surface area contributed by atoms with Crippen molar-refractivity contribution in [2.75, 3.05) is 26.2 Å². The maximum atomic E-state index is 14.3. The summed E-state index contributed by atoms with van der Waals surface area (Å²) in [5.74, 6) is 0. The molecule has 0 spiro atoms. The fourth-order valence-electron chi connectivity index (χ4n) is 11.9. The van der Waals surface area contributed by atoms with Gasteiger partial charge in [-0.3, -0.25) is 0 Å². The Morgan fingerprint density at radius 1 is 0.302 bits per heavy atom. The number of sulfonamides is 4. The van der Waals surface area contributed by atoms with Crippen LogP contribution in [-0.4, -0.2) is 79.8 Å². The largest absolute Gasteiger partial charge is 0.354 e. The van der Waals surface area contributed by atoms with Crippen LogP contribution in [-0.2, 0) is 40.1 Å². The van der Waals surface area contributed by atoms with Gasteiger partial charge >= 0.3 is 0 Å². The third-order valence-electron chi connectivity index (χ3n) is 17.1. The van der Waals surface area contributed by atoms with Crippen molar-refractivity contribution < 1.29 is 33.7 Å². The molecule has 0 unspecified atom stereocenters. The fraction of sp³-hybridized carbons (Fsp3) is 0.389. The van der Waals surface area contributed by atoms with Gasteiger partial charge in [-0.15, -0.1) is 0 Å². The lowest BCUT2D eigenvalue weighted by Crippen LogP contribution is -2.24. The Balaban J connectivity index is 1.36. The minimum Gasteiger partial charge on any atom is -0.354 e. The van der Waals surface area contributed by atoms with Crippen LogP contribution in [0.1, 0.15) is 179 Å². The molecule has 0 saturated heterocycles. The second-order valence-electron chi connectivity index (χ2n) is 24.3. The number of unbranched alkanes of at least 4 members (excludes halogenated alkanes) is 16. The van der Waals surface area contributed by atoms with Crippen LogP contribution in [0.4, 0.5) is 0 Å². The summed E-state index contributed by atoms with van der Waals surface area (Å²) < 4.78 is 125. The van der Waals surface area contributed by atoms with Gasteiger partial charge in [-0.05, 0) is 147 Å². The highest BCUT2D eigenvalue weighted by Gasteiger charge is 2.27. The number of hydrogen-bond donors (Lipinski definition) is 6. The van der Waals surface area contributed by atoms with Crippen molar-refractivity contribution in [2.24, 2.45) is 0 Å². The van der Waals surface area contributed by atoms with E-state index in [1.165, 1.54) is 72.8 Å². The van der Waals surface area contributed by atoms with Crippen LogP contribution >= 0.6 is 46.4 Å². The molecule has 24 heteroatoms. The lowest BCUT2D eigenvalue weighted by Gasteiger charge is -2.13. The number of nitrogens with zero attached hydrogens (tertiary/aromatic N) is 2. The van der Waals surface area contributed by atoms with Crippen molar-refractivity contribution in [3.63, 3.8) is 0 Å². The third-order valence-corrected chi connectivity index (χ3v) is 24.3. The van der Waals surface area contributed by atoms with Crippen molar-refractivity contribution >= 4 is 133 Å². The summed E-state index contributed by atoms with van der Waals surface area (Å²) >= 11 is 29.1. The molecule has 8 bridgehead atoms. The highest BCUT2D eigenvalue weighted by Crippen LogP contribution is 2.44. The zero-order valence-corrected chi connectivity index (χ0v) is 61.1. The molecule has 0 aliphatic carbocycles. The first kappa shape index (κ1) is 74.5. The monoisotopic (exact) mass is 1460 g/mol. The minimum absolute atomic E-state index is 0.0521. The maximum Gasteiger partial charge on any atom is 0.240 e. The molecule has 5 heterocycles. The molecule has 7 aromatic rings. The van der Waals surface area contributed by atoms with Crippen molar-refractivity contribution in [1.82, 2.24) is 38.8 Å². The maximum absolute atomic E-state index is 14.3. The third kappa shape index (κ3) is 18.6. The number of nitrogens with one attached hydrogen (secondary N) is 6. The molecule has 96 heavy (non-hydrogen) atoms. The number of halogens is 4. The first-order valence-corrected chi connectivity index (χ1v) is 40.9. The van der Waals surface area contributed by atoms with Gasteiger partial charge in [0.05, 0.1) is 42.4 Å². The van der Waals surface area contributed by atoms with Crippen LogP contribution in [0.3, 0.4) is 0 Å². The van der Waals surface area contributed by atoms with Crippen molar-refractivity contribution in [1.29, 1.82) is 0 Å². The van der Waals surface area contributed by atoms with Gasteiger partial charge in [0.15, 0.2) is 0 Å². The van der Waals surface area contributed by atoms with Crippen LogP contribution in [0.25, 0.3) is 90.9 Å². The van der Waals surface area contributed by atoms with Gasteiger partial charge in [0.1, 0.15) is 0 Å². The Morgan fingerprint density at radius 3 is 0.719 bits per heavy atom. The minimum atomic E-state index is -4.10. The van der Waals surface area contributed by atoms with Gasteiger partial charge in [-0.25, -0.2) is 62.5 Å². The molecule has 9 rings (SSSR count). The summed E-state index contributed by atoms with van der Waals surface area (Å²) in [6, 6.07) is 24.9. The van der Waals surface area contributed by atoms with Gasteiger partial charge in [-0.2, -0.15) is 0 Å². The Bertz CT molecular complexity index is 4080. The first-order chi connectivity index (χ1) is 46.1. The number of fused-ring (bicyclic) bond motifs is 8. The van der Waals surface area contributed by atoms with E-state index in [-0.39, 0.29) is 88.1 Å². The van der Waals surface area contributed by atoms with Gasteiger partial charge < -0.3 is 9.97 Å². The van der Waals surface area contributed by atoms with Crippen molar-refractivity contribution in [3.8, 4) is 44.5 Å². The number of H-pyrrole nitrogens is 2. The van der Waals surface area contributed by atoms with Crippen LogP contribution in [0.15, 0.2) is 117 Å². The molecule has 514 valence electrons. The van der Waals surface area contributed by atoms with E-state index in [0.29, 0.717) is 92.8 Å².